The molecule has 2 aliphatic heterocycles. The molecule has 1 aliphatic carbocycles. The molecule has 202 valence electrons. The molecule has 0 spiro atoms. The highest BCUT2D eigenvalue weighted by Gasteiger charge is 2.38. The van der Waals surface area contributed by atoms with Gasteiger partial charge in [-0.2, -0.15) is 0 Å². The van der Waals surface area contributed by atoms with Crippen LogP contribution in [0.3, 0.4) is 0 Å². The van der Waals surface area contributed by atoms with E-state index in [0.717, 1.165) is 44.4 Å². The number of hydrogen-bond acceptors (Lipinski definition) is 6. The Morgan fingerprint density at radius 2 is 1.65 bits per heavy atom. The van der Waals surface area contributed by atoms with Crippen LogP contribution in [0.15, 0.2) is 35.4 Å². The molecule has 1 unspecified atom stereocenters. The molecular weight excluding hydrogens is 514 g/mol. The SMILES string of the molecule is CN1CCS/C1=N\NC(=O)C(=O)C(NC(=O)C1CCCCC1)C1CCN(C(=O)c2ccccc2)CC1.Cl. The van der Waals surface area contributed by atoms with E-state index in [2.05, 4.69) is 15.8 Å². The molecule has 2 saturated heterocycles. The molecule has 1 aromatic carbocycles. The largest absolute Gasteiger partial charge is 0.352 e. The third kappa shape index (κ3) is 7.47. The topological polar surface area (TPSA) is 111 Å². The number of likely N-dealkylation sites (tertiary alicyclic amines) is 1. The fourth-order valence-electron chi connectivity index (χ4n) is 5.12. The minimum atomic E-state index is -0.928. The molecule has 37 heavy (non-hydrogen) atoms. The molecule has 1 aromatic rings. The Bertz CT molecular complexity index is 994. The average Bonchev–Trinajstić information content (AvgIpc) is 3.35. The van der Waals surface area contributed by atoms with Gasteiger partial charge in [-0.1, -0.05) is 49.2 Å². The van der Waals surface area contributed by atoms with Crippen molar-refractivity contribution in [2.75, 3.05) is 32.4 Å². The number of amidine groups is 1. The van der Waals surface area contributed by atoms with E-state index in [1.165, 1.54) is 11.8 Å². The summed E-state index contributed by atoms with van der Waals surface area (Å²) in [4.78, 5) is 55.7. The number of carbonyl (C=O) groups excluding carboxylic acids is 4. The van der Waals surface area contributed by atoms with Crippen LogP contribution in [0, 0.1) is 11.8 Å². The fraction of sp³-hybridized carbons (Fsp3) is 0.577. The Morgan fingerprint density at radius 3 is 2.27 bits per heavy atom. The van der Waals surface area contributed by atoms with Crippen LogP contribution in [0.1, 0.15) is 55.3 Å². The Kier molecular flexibility index (Phi) is 10.8. The average molecular weight is 550 g/mol. The first-order chi connectivity index (χ1) is 17.4. The molecule has 3 amide bonds. The maximum atomic E-state index is 13.3. The van der Waals surface area contributed by atoms with E-state index in [1.54, 1.807) is 17.0 Å². The highest BCUT2D eigenvalue weighted by atomic mass is 35.5. The summed E-state index contributed by atoms with van der Waals surface area (Å²) in [5, 5.41) is 7.70. The lowest BCUT2D eigenvalue weighted by Crippen LogP contribution is -2.54. The number of benzene rings is 1. The van der Waals surface area contributed by atoms with Gasteiger partial charge < -0.3 is 15.1 Å². The zero-order valence-corrected chi connectivity index (χ0v) is 22.8. The number of amides is 3. The first-order valence-corrected chi connectivity index (χ1v) is 13.8. The molecule has 3 fully saturated rings. The quantitative estimate of drug-likeness (QED) is 0.399. The summed E-state index contributed by atoms with van der Waals surface area (Å²) in [6.45, 7) is 1.76. The second-order valence-electron chi connectivity index (χ2n) is 9.79. The van der Waals surface area contributed by atoms with Gasteiger partial charge in [0.05, 0.1) is 0 Å². The molecule has 11 heteroatoms. The van der Waals surface area contributed by atoms with Crippen molar-refractivity contribution in [2.45, 2.75) is 51.0 Å². The van der Waals surface area contributed by atoms with Crippen molar-refractivity contribution in [1.29, 1.82) is 0 Å². The second kappa shape index (κ2) is 13.8. The molecule has 2 heterocycles. The Hall–Kier alpha value is -2.59. The lowest BCUT2D eigenvalue weighted by Gasteiger charge is -2.36. The lowest BCUT2D eigenvalue weighted by atomic mass is 9.84. The molecule has 0 bridgehead atoms. The molecule has 4 rings (SSSR count). The normalized spacial score (nSPS) is 20.7. The van der Waals surface area contributed by atoms with Gasteiger partial charge in [-0.05, 0) is 43.7 Å². The van der Waals surface area contributed by atoms with Gasteiger partial charge in [0, 0.05) is 43.9 Å². The zero-order chi connectivity index (χ0) is 25.5. The van der Waals surface area contributed by atoms with E-state index in [0.29, 0.717) is 36.7 Å². The van der Waals surface area contributed by atoms with Crippen LogP contribution in [0.4, 0.5) is 0 Å². The van der Waals surface area contributed by atoms with Gasteiger partial charge in [-0.3, -0.25) is 19.2 Å². The molecule has 0 radical (unpaired) electrons. The number of halogens is 1. The van der Waals surface area contributed by atoms with Crippen molar-refractivity contribution in [2.24, 2.45) is 16.9 Å². The summed E-state index contributed by atoms with van der Waals surface area (Å²) in [5.74, 6) is -1.18. The minimum absolute atomic E-state index is 0. The predicted octanol–water partition coefficient (Wildman–Crippen LogP) is 2.66. The van der Waals surface area contributed by atoms with E-state index in [-0.39, 0.29) is 36.1 Å². The molecule has 1 atom stereocenters. The summed E-state index contributed by atoms with van der Waals surface area (Å²) in [7, 11) is 1.88. The second-order valence-corrected chi connectivity index (χ2v) is 10.8. The zero-order valence-electron chi connectivity index (χ0n) is 21.2. The van der Waals surface area contributed by atoms with Gasteiger partial charge in [0.2, 0.25) is 11.7 Å². The number of rotatable bonds is 7. The number of nitrogens with zero attached hydrogens (tertiary/aromatic N) is 3. The van der Waals surface area contributed by atoms with Crippen molar-refractivity contribution in [1.82, 2.24) is 20.5 Å². The molecular formula is C26H36ClN5O4S. The number of Topliss-reactive ketones (excluding diaryl/α,β-unsaturated/α-hetero) is 1. The highest BCUT2D eigenvalue weighted by molar-refractivity contribution is 8.14. The molecule has 0 aromatic heterocycles. The minimum Gasteiger partial charge on any atom is -0.352 e. The summed E-state index contributed by atoms with van der Waals surface area (Å²) in [6, 6.07) is 8.18. The number of hydrazone groups is 1. The Morgan fingerprint density at radius 1 is 0.973 bits per heavy atom. The van der Waals surface area contributed by atoms with Gasteiger partial charge in [0.15, 0.2) is 5.17 Å². The van der Waals surface area contributed by atoms with E-state index < -0.39 is 17.7 Å². The van der Waals surface area contributed by atoms with Crippen molar-refractivity contribution in [3.8, 4) is 0 Å². The van der Waals surface area contributed by atoms with Crippen molar-refractivity contribution in [3.05, 3.63) is 35.9 Å². The number of ketones is 1. The van der Waals surface area contributed by atoms with E-state index in [4.69, 9.17) is 0 Å². The number of thioether (sulfide) groups is 1. The van der Waals surface area contributed by atoms with Crippen LogP contribution < -0.4 is 10.7 Å². The molecule has 9 nitrogen and oxygen atoms in total. The number of hydrogen-bond donors (Lipinski definition) is 2. The van der Waals surface area contributed by atoms with Crippen LogP contribution in [-0.4, -0.2) is 76.9 Å². The standard InChI is InChI=1S/C26H35N5O4S.ClH/c1-30-16-17-36-26(30)29-28-24(34)22(32)21(27-23(33)19-8-4-2-5-9-19)18-12-14-31(15-13-18)25(35)20-10-6-3-7-11-20;/h3,6-7,10-11,18-19,21H,2,4-5,8-9,12-17H2,1H3,(H,27,33)(H,28,34);1H/b29-26-;. The molecule has 1 saturated carbocycles. The maximum Gasteiger partial charge on any atom is 0.309 e. The van der Waals surface area contributed by atoms with Crippen molar-refractivity contribution < 1.29 is 19.2 Å². The van der Waals surface area contributed by atoms with Crippen LogP contribution in [-0.2, 0) is 14.4 Å². The molecule has 2 N–H and O–H groups in total. The number of nitrogens with one attached hydrogen (secondary N) is 2. The first-order valence-electron chi connectivity index (χ1n) is 12.8. The third-order valence-corrected chi connectivity index (χ3v) is 8.38. The van der Waals surface area contributed by atoms with E-state index >= 15 is 0 Å². The molecule has 3 aliphatic rings. The van der Waals surface area contributed by atoms with Crippen LogP contribution >= 0.6 is 24.2 Å². The maximum absolute atomic E-state index is 13.3. The van der Waals surface area contributed by atoms with Crippen LogP contribution in [0.25, 0.3) is 0 Å². The smallest absolute Gasteiger partial charge is 0.309 e. The number of carbonyl (C=O) groups is 4. The lowest BCUT2D eigenvalue weighted by molar-refractivity contribution is -0.141. The van der Waals surface area contributed by atoms with Crippen LogP contribution in [0.2, 0.25) is 0 Å². The van der Waals surface area contributed by atoms with Gasteiger partial charge in [0.25, 0.3) is 5.91 Å². The highest BCUT2D eigenvalue weighted by Crippen LogP contribution is 2.26. The monoisotopic (exact) mass is 549 g/mol. The summed E-state index contributed by atoms with van der Waals surface area (Å²) < 4.78 is 0. The van der Waals surface area contributed by atoms with Crippen LogP contribution in [0.5, 0.6) is 0 Å². The predicted molar refractivity (Wildman–Crippen MR) is 146 cm³/mol. The van der Waals surface area contributed by atoms with Crippen molar-refractivity contribution >= 4 is 52.8 Å². The Balaban J connectivity index is 0.00000380. The van der Waals surface area contributed by atoms with Crippen molar-refractivity contribution in [3.63, 3.8) is 0 Å². The summed E-state index contributed by atoms with van der Waals surface area (Å²) >= 11 is 1.51. The first kappa shape index (κ1) is 29.0. The summed E-state index contributed by atoms with van der Waals surface area (Å²) in [5.41, 5.74) is 3.02. The summed E-state index contributed by atoms with van der Waals surface area (Å²) in [6.07, 6.45) is 5.79. The van der Waals surface area contributed by atoms with Gasteiger partial charge in [-0.25, -0.2) is 5.43 Å². The fourth-order valence-corrected chi connectivity index (χ4v) is 6.09. The Labute approximate surface area is 228 Å². The van der Waals surface area contributed by atoms with E-state index in [1.807, 2.05) is 30.1 Å². The van der Waals surface area contributed by atoms with E-state index in [9.17, 15) is 19.2 Å². The third-order valence-electron chi connectivity index (χ3n) is 7.34. The number of piperidine rings is 1. The van der Waals surface area contributed by atoms with Gasteiger partial charge in [0.1, 0.15) is 6.04 Å². The van der Waals surface area contributed by atoms with Gasteiger partial charge in [-0.15, -0.1) is 17.5 Å². The van der Waals surface area contributed by atoms with Gasteiger partial charge >= 0.3 is 5.91 Å².